The van der Waals surface area contributed by atoms with E-state index >= 15 is 0 Å². The third kappa shape index (κ3) is 10.4. The zero-order chi connectivity index (χ0) is 46.1. The molecule has 1 fully saturated rings. The topological polar surface area (TPSA) is 140 Å². The number of carboxylic acid groups (broad SMARTS) is 1. The SMILES string of the molecule is O=C(CCc1ccc(-c2ccc(C(=O)O)nc2)cc1)ON1C(=O)CCC1=O.[Ir].[c-]1ccccc1-c1nc2ccccc2c2ccccc12.[c-]1ccccc1-c1nc2ccccc2c2ccccc12. The van der Waals surface area contributed by atoms with E-state index in [1.165, 1.54) is 44.6 Å². The summed E-state index contributed by atoms with van der Waals surface area (Å²) < 4.78 is 0. The van der Waals surface area contributed by atoms with Crippen LogP contribution >= 0.6 is 0 Å². The number of aromatic nitrogens is 3. The number of carboxylic acids is 1. The summed E-state index contributed by atoms with van der Waals surface area (Å²) in [6, 6.07) is 66.4. The Labute approximate surface area is 405 Å². The largest absolute Gasteiger partial charge is 0.477 e. The van der Waals surface area contributed by atoms with Crippen molar-refractivity contribution in [3.05, 3.63) is 212 Å². The molecule has 2 amide bonds. The molecule has 1 aliphatic heterocycles. The van der Waals surface area contributed by atoms with E-state index < -0.39 is 23.8 Å². The maximum atomic E-state index is 11.8. The van der Waals surface area contributed by atoms with Crippen LogP contribution in [0.5, 0.6) is 0 Å². The summed E-state index contributed by atoms with van der Waals surface area (Å²) >= 11 is 0. The quantitative estimate of drug-likeness (QED) is 0.0895. The Bertz CT molecular complexity index is 3250. The second-order valence-electron chi connectivity index (χ2n) is 15.6. The number of pyridine rings is 3. The first kappa shape index (κ1) is 46.3. The summed E-state index contributed by atoms with van der Waals surface area (Å²) in [6.45, 7) is 0. The van der Waals surface area contributed by atoms with Crippen molar-refractivity contribution < 1.29 is 49.2 Å². The fourth-order valence-electron chi connectivity index (χ4n) is 7.91. The summed E-state index contributed by atoms with van der Waals surface area (Å²) in [6.07, 6.45) is 2.04. The maximum absolute atomic E-state index is 11.8. The van der Waals surface area contributed by atoms with Crippen LogP contribution < -0.4 is 0 Å². The number of amides is 2. The standard InChI is InChI=1S/C19H16N2O6.2C19H12N.Ir/c22-16-8-9-17(23)21(16)27-18(24)10-3-12-1-4-13(5-2-12)14-6-7-15(19(25)26)20-11-14;2*1-2-8-14(9-3-1)19-17-12-5-4-10-15(17)16-11-6-7-13-18(16)20-19;/h1-2,4-7,11H,3,8-10H2,(H,25,26);2*1-8,10-13H;/q;2*-1;. The number of aromatic carboxylic acids is 1. The normalized spacial score (nSPS) is 11.9. The van der Waals surface area contributed by atoms with Crippen molar-refractivity contribution in [2.45, 2.75) is 25.7 Å². The van der Waals surface area contributed by atoms with E-state index in [4.69, 9.17) is 19.9 Å². The van der Waals surface area contributed by atoms with Crippen molar-refractivity contribution in [2.24, 2.45) is 0 Å². The van der Waals surface area contributed by atoms with E-state index in [1.54, 1.807) is 6.07 Å². The Morgan fingerprint density at radius 1 is 0.544 bits per heavy atom. The molecule has 0 bridgehead atoms. The van der Waals surface area contributed by atoms with Crippen LogP contribution in [0.4, 0.5) is 0 Å². The van der Waals surface area contributed by atoms with Gasteiger partial charge in [0.1, 0.15) is 5.69 Å². The van der Waals surface area contributed by atoms with Gasteiger partial charge in [0.25, 0.3) is 11.8 Å². The molecule has 10 nitrogen and oxygen atoms in total. The first-order valence-electron chi connectivity index (χ1n) is 21.6. The summed E-state index contributed by atoms with van der Waals surface area (Å²) in [7, 11) is 0. The number of para-hydroxylation sites is 2. The van der Waals surface area contributed by atoms with Gasteiger partial charge in [0.15, 0.2) is 0 Å². The second-order valence-corrected chi connectivity index (χ2v) is 15.6. The van der Waals surface area contributed by atoms with E-state index in [0.29, 0.717) is 11.5 Å². The average Bonchev–Trinajstić information content (AvgIpc) is 3.70. The van der Waals surface area contributed by atoms with E-state index in [1.807, 2.05) is 72.8 Å². The summed E-state index contributed by atoms with van der Waals surface area (Å²) in [5, 5.41) is 16.6. The molecule has 1 saturated heterocycles. The van der Waals surface area contributed by atoms with Gasteiger partial charge in [-0.1, -0.05) is 115 Å². The zero-order valence-electron chi connectivity index (χ0n) is 36.3. The van der Waals surface area contributed by atoms with Crippen molar-refractivity contribution in [3.63, 3.8) is 0 Å². The number of imide groups is 1. The van der Waals surface area contributed by atoms with Crippen LogP contribution in [0.3, 0.4) is 0 Å². The number of hydroxylamine groups is 2. The van der Waals surface area contributed by atoms with Crippen LogP contribution in [0, 0.1) is 12.1 Å². The van der Waals surface area contributed by atoms with Crippen molar-refractivity contribution in [3.8, 4) is 33.6 Å². The molecule has 1 N–H and O–H groups in total. The number of carbonyl (C=O) groups is 4. The Kier molecular flexibility index (Phi) is 14.6. The molecule has 1 aliphatic rings. The molecule has 11 heteroatoms. The molecule has 0 atom stereocenters. The first-order valence-corrected chi connectivity index (χ1v) is 21.6. The van der Waals surface area contributed by atoms with Gasteiger partial charge in [-0.05, 0) is 68.7 Å². The van der Waals surface area contributed by atoms with Gasteiger partial charge in [-0.3, -0.25) is 19.6 Å². The molecule has 4 heterocycles. The minimum Gasteiger partial charge on any atom is -0.477 e. The van der Waals surface area contributed by atoms with Crippen LogP contribution in [0.2, 0.25) is 0 Å². The molecule has 10 aromatic rings. The number of benzene rings is 7. The van der Waals surface area contributed by atoms with Gasteiger partial charge in [-0.25, -0.2) is 14.6 Å². The Morgan fingerprint density at radius 2 is 1.00 bits per heavy atom. The zero-order valence-corrected chi connectivity index (χ0v) is 38.7. The molecule has 3 aromatic heterocycles. The third-order valence-electron chi connectivity index (χ3n) is 11.2. The second kappa shape index (κ2) is 21.4. The molecule has 0 spiro atoms. The van der Waals surface area contributed by atoms with Gasteiger partial charge < -0.3 is 9.94 Å². The van der Waals surface area contributed by atoms with E-state index in [9.17, 15) is 19.2 Å². The molecule has 68 heavy (non-hydrogen) atoms. The van der Waals surface area contributed by atoms with Crippen LogP contribution in [0.15, 0.2) is 188 Å². The fourth-order valence-corrected chi connectivity index (χ4v) is 7.91. The molecule has 11 rings (SSSR count). The summed E-state index contributed by atoms with van der Waals surface area (Å²) in [4.78, 5) is 63.9. The Hall–Kier alpha value is -8.24. The molecule has 0 saturated carbocycles. The molecule has 0 aliphatic carbocycles. The number of nitrogens with zero attached hydrogens (tertiary/aromatic N) is 4. The molecular weight excluding hydrogens is 1030 g/mol. The first-order chi connectivity index (χ1) is 32.8. The van der Waals surface area contributed by atoms with Crippen molar-refractivity contribution in [1.29, 1.82) is 0 Å². The van der Waals surface area contributed by atoms with Crippen LogP contribution in [0.1, 0.15) is 35.3 Å². The third-order valence-corrected chi connectivity index (χ3v) is 11.2. The van der Waals surface area contributed by atoms with Crippen molar-refractivity contribution in [1.82, 2.24) is 20.0 Å². The van der Waals surface area contributed by atoms with Crippen LogP contribution in [-0.4, -0.2) is 48.9 Å². The van der Waals surface area contributed by atoms with Gasteiger partial charge in [-0.15, -0.1) is 76.9 Å². The molecule has 1 radical (unpaired) electrons. The number of hydrogen-bond acceptors (Lipinski definition) is 8. The molecule has 335 valence electrons. The monoisotopic (exact) mass is 1070 g/mol. The summed E-state index contributed by atoms with van der Waals surface area (Å²) in [5.74, 6) is -2.72. The number of carbonyl (C=O) groups excluding carboxylic acids is 3. The van der Waals surface area contributed by atoms with E-state index in [2.05, 4.69) is 114 Å². The number of rotatable bonds is 8. The fraction of sp³-hybridized carbons (Fsp3) is 0.0702. The molecule has 7 aromatic carbocycles. The molecule has 0 unspecified atom stereocenters. The number of fused-ring (bicyclic) bond motifs is 6. The van der Waals surface area contributed by atoms with Crippen molar-refractivity contribution >= 4 is 67.1 Å². The average molecular weight is 1070 g/mol. The van der Waals surface area contributed by atoms with E-state index in [0.717, 1.165) is 50.2 Å². The van der Waals surface area contributed by atoms with Gasteiger partial charge in [-0.2, -0.15) is 0 Å². The van der Waals surface area contributed by atoms with E-state index in [-0.39, 0.29) is 45.1 Å². The van der Waals surface area contributed by atoms with Crippen molar-refractivity contribution in [2.75, 3.05) is 0 Å². The minimum atomic E-state index is -1.08. The summed E-state index contributed by atoms with van der Waals surface area (Å²) in [5.41, 5.74) is 8.62. The molecular formula is C57H40IrN4O6-2. The maximum Gasteiger partial charge on any atom is 0.354 e. The van der Waals surface area contributed by atoms with Gasteiger partial charge in [0.2, 0.25) is 0 Å². The van der Waals surface area contributed by atoms with Gasteiger partial charge in [0.05, 0.1) is 17.5 Å². The predicted molar refractivity (Wildman–Crippen MR) is 259 cm³/mol. The Balaban J connectivity index is 0.000000139. The minimum absolute atomic E-state index is 0. The number of aryl methyl sites for hydroxylation is 1. The smallest absolute Gasteiger partial charge is 0.354 e. The van der Waals surface area contributed by atoms with Crippen LogP contribution in [0.25, 0.3) is 77.0 Å². The van der Waals surface area contributed by atoms with Gasteiger partial charge in [0, 0.05) is 55.5 Å². The Morgan fingerprint density at radius 3 is 1.46 bits per heavy atom. The predicted octanol–water partition coefficient (Wildman–Crippen LogP) is 11.7. The van der Waals surface area contributed by atoms with Gasteiger partial charge >= 0.3 is 11.9 Å². The number of hydrogen-bond donors (Lipinski definition) is 1. The van der Waals surface area contributed by atoms with Crippen LogP contribution in [-0.2, 0) is 45.7 Å².